The van der Waals surface area contributed by atoms with Crippen LogP contribution in [0.1, 0.15) is 55.1 Å². The Morgan fingerprint density at radius 1 is 1.42 bits per heavy atom. The molecule has 1 aliphatic carbocycles. The lowest BCUT2D eigenvalue weighted by Crippen LogP contribution is -2.21. The molecule has 2 N–H and O–H groups in total. The lowest BCUT2D eigenvalue weighted by Gasteiger charge is -2.27. The maximum absolute atomic E-state index is 6.12. The summed E-state index contributed by atoms with van der Waals surface area (Å²) >= 11 is 0. The standard InChI is InChI=1S/C15H19N3O/c1-3-9(2)13(16)15-17-14(18-19-15)12-8-10-6-4-5-7-11(10)12/h4-7,9,12-13H,3,8,16H2,1-2H3/t9?,12?,13-/m0/s1. The Balaban J connectivity index is 1.80. The Morgan fingerprint density at radius 2 is 2.21 bits per heavy atom. The molecule has 0 bridgehead atoms. The van der Waals surface area contributed by atoms with E-state index in [0.29, 0.717) is 11.8 Å². The van der Waals surface area contributed by atoms with Gasteiger partial charge in [-0.3, -0.25) is 0 Å². The molecule has 0 aliphatic heterocycles. The average molecular weight is 257 g/mol. The zero-order chi connectivity index (χ0) is 13.4. The van der Waals surface area contributed by atoms with Crippen LogP contribution < -0.4 is 5.73 Å². The van der Waals surface area contributed by atoms with E-state index < -0.39 is 0 Å². The van der Waals surface area contributed by atoms with Gasteiger partial charge in [-0.1, -0.05) is 49.7 Å². The van der Waals surface area contributed by atoms with Crippen LogP contribution in [-0.4, -0.2) is 10.1 Å². The maximum atomic E-state index is 6.12. The Bertz CT molecular complexity index is 578. The Kier molecular flexibility index (Phi) is 3.11. The fourth-order valence-corrected chi connectivity index (χ4v) is 2.51. The number of fused-ring (bicyclic) bond motifs is 1. The molecule has 1 aromatic heterocycles. The Labute approximate surface area is 113 Å². The molecule has 1 aliphatic rings. The van der Waals surface area contributed by atoms with Crippen LogP contribution in [-0.2, 0) is 6.42 Å². The Morgan fingerprint density at radius 3 is 2.95 bits per heavy atom. The summed E-state index contributed by atoms with van der Waals surface area (Å²) in [5.74, 6) is 1.96. The zero-order valence-corrected chi connectivity index (χ0v) is 11.3. The van der Waals surface area contributed by atoms with Crippen molar-refractivity contribution in [2.75, 3.05) is 0 Å². The van der Waals surface area contributed by atoms with E-state index in [9.17, 15) is 0 Å². The molecule has 0 radical (unpaired) electrons. The lowest BCUT2D eigenvalue weighted by molar-refractivity contribution is 0.309. The zero-order valence-electron chi connectivity index (χ0n) is 11.3. The van der Waals surface area contributed by atoms with Crippen molar-refractivity contribution in [1.29, 1.82) is 0 Å². The number of nitrogens with two attached hydrogens (primary N) is 1. The normalized spacial score (nSPS) is 20.5. The predicted octanol–water partition coefficient (Wildman–Crippen LogP) is 2.80. The molecule has 19 heavy (non-hydrogen) atoms. The molecule has 3 rings (SSSR count). The highest BCUT2D eigenvalue weighted by molar-refractivity contribution is 5.43. The summed E-state index contributed by atoms with van der Waals surface area (Å²) in [6, 6.07) is 8.24. The summed E-state index contributed by atoms with van der Waals surface area (Å²) < 4.78 is 5.34. The Hall–Kier alpha value is -1.68. The van der Waals surface area contributed by atoms with Crippen molar-refractivity contribution in [2.45, 2.75) is 38.6 Å². The quantitative estimate of drug-likeness (QED) is 0.914. The van der Waals surface area contributed by atoms with Crippen LogP contribution in [0.4, 0.5) is 0 Å². The molecular weight excluding hydrogens is 238 g/mol. The second-order valence-electron chi connectivity index (χ2n) is 5.36. The van der Waals surface area contributed by atoms with Crippen molar-refractivity contribution < 1.29 is 4.52 Å². The molecule has 0 spiro atoms. The fourth-order valence-electron chi connectivity index (χ4n) is 2.51. The van der Waals surface area contributed by atoms with Crippen molar-refractivity contribution in [2.24, 2.45) is 11.7 Å². The number of nitrogens with zero attached hydrogens (tertiary/aromatic N) is 2. The minimum absolute atomic E-state index is 0.165. The summed E-state index contributed by atoms with van der Waals surface area (Å²) in [5.41, 5.74) is 8.81. The van der Waals surface area contributed by atoms with Crippen LogP contribution in [0, 0.1) is 5.92 Å². The number of aromatic nitrogens is 2. The molecule has 1 aromatic carbocycles. The molecule has 0 fully saturated rings. The van der Waals surface area contributed by atoms with Gasteiger partial charge in [0.25, 0.3) is 0 Å². The first-order valence-corrected chi connectivity index (χ1v) is 6.87. The van der Waals surface area contributed by atoms with Crippen molar-refractivity contribution >= 4 is 0 Å². The van der Waals surface area contributed by atoms with Crippen LogP contribution in [0.25, 0.3) is 0 Å². The van der Waals surface area contributed by atoms with E-state index in [2.05, 4.69) is 48.3 Å². The van der Waals surface area contributed by atoms with E-state index in [1.807, 2.05) is 0 Å². The fraction of sp³-hybridized carbons (Fsp3) is 0.467. The van der Waals surface area contributed by atoms with Crippen molar-refractivity contribution in [3.63, 3.8) is 0 Å². The molecule has 4 heteroatoms. The highest BCUT2D eigenvalue weighted by atomic mass is 16.5. The van der Waals surface area contributed by atoms with Crippen LogP contribution in [0.2, 0.25) is 0 Å². The molecule has 0 amide bonds. The van der Waals surface area contributed by atoms with Gasteiger partial charge >= 0.3 is 0 Å². The molecule has 4 nitrogen and oxygen atoms in total. The molecule has 100 valence electrons. The molecule has 1 heterocycles. The predicted molar refractivity (Wildman–Crippen MR) is 72.7 cm³/mol. The number of hydrogen-bond acceptors (Lipinski definition) is 4. The van der Waals surface area contributed by atoms with Gasteiger partial charge in [0.2, 0.25) is 5.89 Å². The second kappa shape index (κ2) is 4.78. The average Bonchev–Trinajstić information content (AvgIpc) is 2.87. The van der Waals surface area contributed by atoms with Gasteiger partial charge in [-0.2, -0.15) is 4.98 Å². The van der Waals surface area contributed by atoms with Crippen molar-refractivity contribution in [3.8, 4) is 0 Å². The van der Waals surface area contributed by atoms with E-state index in [4.69, 9.17) is 10.3 Å². The molecule has 0 saturated heterocycles. The summed E-state index contributed by atoms with van der Waals surface area (Å²) in [4.78, 5) is 4.50. The molecule has 0 saturated carbocycles. The monoisotopic (exact) mass is 257 g/mol. The summed E-state index contributed by atoms with van der Waals surface area (Å²) in [7, 11) is 0. The minimum Gasteiger partial charge on any atom is -0.338 e. The first kappa shape index (κ1) is 12.4. The van der Waals surface area contributed by atoms with E-state index in [-0.39, 0.29) is 12.0 Å². The van der Waals surface area contributed by atoms with Crippen LogP contribution in [0.15, 0.2) is 28.8 Å². The summed E-state index contributed by atoms with van der Waals surface area (Å²) in [6.45, 7) is 4.22. The first-order chi connectivity index (χ1) is 9.20. The van der Waals surface area contributed by atoms with Gasteiger partial charge < -0.3 is 10.3 Å². The number of rotatable bonds is 4. The first-order valence-electron chi connectivity index (χ1n) is 6.87. The smallest absolute Gasteiger partial charge is 0.243 e. The summed E-state index contributed by atoms with van der Waals surface area (Å²) in [5, 5.41) is 4.11. The van der Waals surface area contributed by atoms with Gasteiger partial charge in [0.1, 0.15) is 0 Å². The molecular formula is C15H19N3O. The van der Waals surface area contributed by atoms with Crippen molar-refractivity contribution in [3.05, 3.63) is 47.1 Å². The van der Waals surface area contributed by atoms with Crippen LogP contribution in [0.3, 0.4) is 0 Å². The second-order valence-corrected chi connectivity index (χ2v) is 5.36. The third kappa shape index (κ3) is 2.06. The van der Waals surface area contributed by atoms with Crippen LogP contribution in [0.5, 0.6) is 0 Å². The van der Waals surface area contributed by atoms with E-state index in [1.54, 1.807) is 0 Å². The molecule has 2 unspecified atom stereocenters. The lowest BCUT2D eigenvalue weighted by atomic mass is 9.77. The van der Waals surface area contributed by atoms with E-state index in [1.165, 1.54) is 11.1 Å². The molecule has 2 aromatic rings. The third-order valence-electron chi connectivity index (χ3n) is 4.17. The van der Waals surface area contributed by atoms with Crippen molar-refractivity contribution in [1.82, 2.24) is 10.1 Å². The maximum Gasteiger partial charge on any atom is 0.243 e. The summed E-state index contributed by atoms with van der Waals surface area (Å²) in [6.07, 6.45) is 2.00. The third-order valence-corrected chi connectivity index (χ3v) is 4.17. The van der Waals surface area contributed by atoms with Gasteiger partial charge in [-0.05, 0) is 23.5 Å². The van der Waals surface area contributed by atoms with Crippen LogP contribution >= 0.6 is 0 Å². The number of benzene rings is 1. The van der Waals surface area contributed by atoms with E-state index >= 15 is 0 Å². The van der Waals surface area contributed by atoms with Gasteiger partial charge in [0.05, 0.1) is 12.0 Å². The van der Waals surface area contributed by atoms with Gasteiger partial charge in [-0.25, -0.2) is 0 Å². The highest BCUT2D eigenvalue weighted by Gasteiger charge is 2.32. The van der Waals surface area contributed by atoms with Gasteiger partial charge in [0.15, 0.2) is 5.82 Å². The topological polar surface area (TPSA) is 64.9 Å². The number of hydrogen-bond donors (Lipinski definition) is 1. The SMILES string of the molecule is CCC(C)[C@H](N)c1nc(C2Cc3ccccc32)no1. The van der Waals surface area contributed by atoms with Gasteiger partial charge in [-0.15, -0.1) is 0 Å². The molecule has 3 atom stereocenters. The van der Waals surface area contributed by atoms with E-state index in [0.717, 1.165) is 18.7 Å². The minimum atomic E-state index is -0.165. The largest absolute Gasteiger partial charge is 0.338 e. The highest BCUT2D eigenvalue weighted by Crippen LogP contribution is 2.38. The van der Waals surface area contributed by atoms with Gasteiger partial charge in [0, 0.05) is 0 Å².